The first-order chi connectivity index (χ1) is 9.10. The Balaban J connectivity index is 2.09. The molecule has 0 saturated heterocycles. The van der Waals surface area contributed by atoms with Crippen LogP contribution >= 0.6 is 22.9 Å². The third-order valence-electron chi connectivity index (χ3n) is 2.42. The van der Waals surface area contributed by atoms with Crippen molar-refractivity contribution in [2.24, 2.45) is 0 Å². The second-order valence-corrected chi connectivity index (χ2v) is 5.04. The summed E-state index contributed by atoms with van der Waals surface area (Å²) in [5, 5.41) is 11.1. The zero-order valence-corrected chi connectivity index (χ0v) is 11.6. The minimum Gasteiger partial charge on any atom is -0.496 e. The van der Waals surface area contributed by atoms with Gasteiger partial charge in [0.25, 0.3) is 0 Å². The van der Waals surface area contributed by atoms with Gasteiger partial charge in [0.05, 0.1) is 7.11 Å². The van der Waals surface area contributed by atoms with E-state index in [1.165, 1.54) is 6.07 Å². The molecule has 0 aliphatic carbocycles. The molecule has 0 unspecified atom stereocenters. The molecule has 1 aromatic heterocycles. The van der Waals surface area contributed by atoms with Gasteiger partial charge in [-0.15, -0.1) is 11.3 Å². The predicted molar refractivity (Wildman–Crippen MR) is 73.6 cm³/mol. The fourth-order valence-corrected chi connectivity index (χ4v) is 2.39. The first-order valence-corrected chi connectivity index (χ1v) is 6.63. The summed E-state index contributed by atoms with van der Waals surface area (Å²) in [4.78, 5) is 11.0. The molecule has 0 aliphatic heterocycles. The highest BCUT2D eigenvalue weighted by Crippen LogP contribution is 2.26. The predicted octanol–water partition coefficient (Wildman–Crippen LogP) is 3.69. The van der Waals surface area contributed by atoms with E-state index in [-0.39, 0.29) is 11.5 Å². The molecule has 0 radical (unpaired) electrons. The number of rotatable bonds is 5. The zero-order chi connectivity index (χ0) is 13.8. The quantitative estimate of drug-likeness (QED) is 0.914. The number of methoxy groups -OCH3 is 1. The number of aromatic carboxylic acids is 1. The minimum atomic E-state index is -0.958. The summed E-state index contributed by atoms with van der Waals surface area (Å²) in [6, 6.07) is 6.74. The third kappa shape index (κ3) is 3.39. The molecule has 0 amide bonds. The van der Waals surface area contributed by atoms with Crippen LogP contribution in [-0.4, -0.2) is 18.2 Å². The van der Waals surface area contributed by atoms with Crippen molar-refractivity contribution in [1.29, 1.82) is 0 Å². The van der Waals surface area contributed by atoms with Crippen molar-refractivity contribution in [3.63, 3.8) is 0 Å². The molecule has 100 valence electrons. The summed E-state index contributed by atoms with van der Waals surface area (Å²) in [6.45, 7) is 0.263. The van der Waals surface area contributed by atoms with E-state index in [4.69, 9.17) is 26.2 Å². The monoisotopic (exact) mass is 298 g/mol. The molecule has 1 N–H and O–H groups in total. The Morgan fingerprint density at radius 2 is 2.21 bits per heavy atom. The van der Waals surface area contributed by atoms with Crippen LogP contribution in [0.4, 0.5) is 0 Å². The van der Waals surface area contributed by atoms with Crippen molar-refractivity contribution in [2.75, 3.05) is 7.11 Å². The van der Waals surface area contributed by atoms with Crippen LogP contribution in [0.5, 0.6) is 11.5 Å². The minimum absolute atomic E-state index is 0.244. The van der Waals surface area contributed by atoms with Crippen LogP contribution in [0.1, 0.15) is 15.2 Å². The van der Waals surface area contributed by atoms with E-state index < -0.39 is 5.97 Å². The maximum Gasteiger partial charge on any atom is 0.346 e. The van der Waals surface area contributed by atoms with E-state index in [9.17, 15) is 4.79 Å². The van der Waals surface area contributed by atoms with Crippen molar-refractivity contribution in [2.45, 2.75) is 6.61 Å². The van der Waals surface area contributed by atoms with Gasteiger partial charge in [0, 0.05) is 22.0 Å². The van der Waals surface area contributed by atoms with Crippen molar-refractivity contribution in [3.05, 3.63) is 45.1 Å². The van der Waals surface area contributed by atoms with Crippen LogP contribution in [0.15, 0.2) is 29.6 Å². The van der Waals surface area contributed by atoms with E-state index >= 15 is 0 Å². The van der Waals surface area contributed by atoms with Crippen LogP contribution in [0.3, 0.4) is 0 Å². The first-order valence-electron chi connectivity index (χ1n) is 5.37. The maximum absolute atomic E-state index is 10.8. The van der Waals surface area contributed by atoms with Gasteiger partial charge in [-0.3, -0.25) is 0 Å². The molecule has 0 aliphatic rings. The molecule has 0 saturated carbocycles. The summed E-state index contributed by atoms with van der Waals surface area (Å²) < 4.78 is 10.7. The number of benzene rings is 1. The summed E-state index contributed by atoms with van der Waals surface area (Å²) in [5.74, 6) is 0.239. The van der Waals surface area contributed by atoms with Crippen molar-refractivity contribution in [1.82, 2.24) is 0 Å². The van der Waals surface area contributed by atoms with Crippen LogP contribution < -0.4 is 9.47 Å². The number of carboxylic acid groups (broad SMARTS) is 1. The van der Waals surface area contributed by atoms with Crippen molar-refractivity contribution in [3.8, 4) is 11.5 Å². The van der Waals surface area contributed by atoms with E-state index in [1.54, 1.807) is 30.7 Å². The SMILES string of the molecule is COc1ccc(Cl)cc1COc1csc(C(=O)O)c1. The molecule has 0 fully saturated rings. The lowest BCUT2D eigenvalue weighted by Crippen LogP contribution is -1.98. The van der Waals surface area contributed by atoms with Crippen molar-refractivity contribution >= 4 is 28.9 Å². The first kappa shape index (κ1) is 13.7. The van der Waals surface area contributed by atoms with Crippen LogP contribution in [0, 0.1) is 0 Å². The zero-order valence-electron chi connectivity index (χ0n) is 10.1. The lowest BCUT2D eigenvalue weighted by atomic mass is 10.2. The maximum atomic E-state index is 10.8. The molecule has 0 spiro atoms. The number of carboxylic acids is 1. The van der Waals surface area contributed by atoms with E-state index in [1.807, 2.05) is 0 Å². The standard InChI is InChI=1S/C13H11ClO4S/c1-17-11-3-2-9(14)4-8(11)6-18-10-5-12(13(15)16)19-7-10/h2-5,7H,6H2,1H3,(H,15,16). The lowest BCUT2D eigenvalue weighted by Gasteiger charge is -2.09. The van der Waals surface area contributed by atoms with Gasteiger partial charge in [0.2, 0.25) is 0 Å². The topological polar surface area (TPSA) is 55.8 Å². The number of thiophene rings is 1. The summed E-state index contributed by atoms with van der Waals surface area (Å²) in [6.07, 6.45) is 0. The molecule has 6 heteroatoms. The van der Waals surface area contributed by atoms with Gasteiger partial charge < -0.3 is 14.6 Å². The Morgan fingerprint density at radius 1 is 1.42 bits per heavy atom. The lowest BCUT2D eigenvalue weighted by molar-refractivity contribution is 0.0702. The Morgan fingerprint density at radius 3 is 2.84 bits per heavy atom. The van der Waals surface area contributed by atoms with E-state index in [0.717, 1.165) is 16.9 Å². The van der Waals surface area contributed by atoms with Gasteiger partial charge >= 0.3 is 5.97 Å². The number of hydrogen-bond acceptors (Lipinski definition) is 4. The summed E-state index contributed by atoms with van der Waals surface area (Å²) in [7, 11) is 1.57. The highest BCUT2D eigenvalue weighted by Gasteiger charge is 2.09. The molecule has 19 heavy (non-hydrogen) atoms. The largest absolute Gasteiger partial charge is 0.496 e. The third-order valence-corrected chi connectivity index (χ3v) is 3.55. The Bertz CT molecular complexity index is 594. The molecule has 2 rings (SSSR count). The summed E-state index contributed by atoms with van der Waals surface area (Å²) in [5.41, 5.74) is 0.804. The smallest absolute Gasteiger partial charge is 0.346 e. The molecular formula is C13H11ClO4S. The number of hydrogen-bond donors (Lipinski definition) is 1. The average molecular weight is 299 g/mol. The Hall–Kier alpha value is -1.72. The Labute approximate surface area is 119 Å². The molecule has 1 heterocycles. The van der Waals surface area contributed by atoms with Crippen LogP contribution in [0.2, 0.25) is 5.02 Å². The van der Waals surface area contributed by atoms with E-state index in [2.05, 4.69) is 0 Å². The van der Waals surface area contributed by atoms with Crippen molar-refractivity contribution < 1.29 is 19.4 Å². The summed E-state index contributed by atoms with van der Waals surface area (Å²) >= 11 is 7.04. The van der Waals surface area contributed by atoms with Gasteiger partial charge in [-0.1, -0.05) is 11.6 Å². The van der Waals surface area contributed by atoms with Gasteiger partial charge in [-0.05, 0) is 18.2 Å². The fraction of sp³-hybridized carbons (Fsp3) is 0.154. The second kappa shape index (κ2) is 5.95. The molecular weight excluding hydrogens is 288 g/mol. The van der Waals surface area contributed by atoms with Gasteiger partial charge in [0.1, 0.15) is 23.0 Å². The highest BCUT2D eigenvalue weighted by molar-refractivity contribution is 7.12. The van der Waals surface area contributed by atoms with Crippen LogP contribution in [-0.2, 0) is 6.61 Å². The number of ether oxygens (including phenoxy) is 2. The fourth-order valence-electron chi connectivity index (χ4n) is 1.53. The normalized spacial score (nSPS) is 10.2. The Kier molecular flexibility index (Phi) is 4.29. The van der Waals surface area contributed by atoms with Gasteiger partial charge in [-0.25, -0.2) is 4.79 Å². The molecule has 4 nitrogen and oxygen atoms in total. The molecule has 1 aromatic carbocycles. The molecule has 0 atom stereocenters. The number of halogens is 1. The molecule has 0 bridgehead atoms. The van der Waals surface area contributed by atoms with E-state index in [0.29, 0.717) is 16.5 Å². The average Bonchev–Trinajstić information content (AvgIpc) is 2.85. The van der Waals surface area contributed by atoms with Gasteiger partial charge in [-0.2, -0.15) is 0 Å². The van der Waals surface area contributed by atoms with Crippen LogP contribution in [0.25, 0.3) is 0 Å². The van der Waals surface area contributed by atoms with Gasteiger partial charge in [0.15, 0.2) is 0 Å². The number of carbonyl (C=O) groups is 1. The highest BCUT2D eigenvalue weighted by atomic mass is 35.5. The molecule has 2 aromatic rings. The second-order valence-electron chi connectivity index (χ2n) is 3.70.